The second kappa shape index (κ2) is 5.97. The molecule has 6 nitrogen and oxygen atoms in total. The number of nitrogens with zero attached hydrogens (tertiary/aromatic N) is 3. The lowest BCUT2D eigenvalue weighted by Crippen LogP contribution is -2.18. The molecular weight excluding hydrogens is 252 g/mol. The molecule has 0 aliphatic rings. The predicted octanol–water partition coefficient (Wildman–Crippen LogP) is 1.25. The Morgan fingerprint density at radius 2 is 2.28 bits per heavy atom. The molecule has 0 bridgehead atoms. The Hall–Kier alpha value is -2.15. The Morgan fingerprint density at radius 3 is 3.00 bits per heavy atom. The fourth-order valence-corrected chi connectivity index (χ4v) is 2.05. The number of ether oxygens (including phenoxy) is 1. The average molecular weight is 264 g/mol. The van der Waals surface area contributed by atoms with Gasteiger partial charge in [0.25, 0.3) is 0 Å². The summed E-state index contributed by atoms with van der Waals surface area (Å²) in [5.41, 5.74) is 5.72. The molecule has 2 rings (SSSR count). The predicted molar refractivity (Wildman–Crippen MR) is 68.1 cm³/mol. The first-order valence-electron chi connectivity index (χ1n) is 5.25. The number of hydrogen-bond donors (Lipinski definition) is 2. The summed E-state index contributed by atoms with van der Waals surface area (Å²) in [7, 11) is 0. The Labute approximate surface area is 108 Å². The minimum atomic E-state index is -0.116. The number of nitrogens with two attached hydrogens (primary N) is 1. The number of thiophene rings is 1. The third-order valence-electron chi connectivity index (χ3n) is 2.18. The van der Waals surface area contributed by atoms with Crippen molar-refractivity contribution in [2.75, 3.05) is 6.61 Å². The summed E-state index contributed by atoms with van der Waals surface area (Å²) in [5, 5.41) is 13.5. The van der Waals surface area contributed by atoms with Crippen molar-refractivity contribution in [2.45, 2.75) is 6.42 Å². The van der Waals surface area contributed by atoms with Gasteiger partial charge in [0.2, 0.25) is 5.88 Å². The van der Waals surface area contributed by atoms with E-state index in [9.17, 15) is 0 Å². The molecule has 94 valence electrons. The molecule has 2 aromatic heterocycles. The van der Waals surface area contributed by atoms with E-state index in [1.165, 1.54) is 17.3 Å². The van der Waals surface area contributed by atoms with Crippen LogP contribution >= 0.6 is 11.3 Å². The van der Waals surface area contributed by atoms with Crippen molar-refractivity contribution in [2.24, 2.45) is 10.9 Å². The van der Waals surface area contributed by atoms with Gasteiger partial charge < -0.3 is 15.7 Å². The van der Waals surface area contributed by atoms with Gasteiger partial charge in [-0.25, -0.2) is 9.97 Å². The fraction of sp³-hybridized carbons (Fsp3) is 0.182. The number of amidine groups is 1. The van der Waals surface area contributed by atoms with E-state index in [2.05, 4.69) is 15.1 Å². The van der Waals surface area contributed by atoms with Gasteiger partial charge in [-0.3, -0.25) is 0 Å². The summed E-state index contributed by atoms with van der Waals surface area (Å²) < 4.78 is 5.49. The monoisotopic (exact) mass is 264 g/mol. The number of rotatable bonds is 5. The molecule has 3 N–H and O–H groups in total. The van der Waals surface area contributed by atoms with Crippen LogP contribution in [0, 0.1) is 0 Å². The Kier molecular flexibility index (Phi) is 4.08. The van der Waals surface area contributed by atoms with Gasteiger partial charge in [-0.1, -0.05) is 11.2 Å². The van der Waals surface area contributed by atoms with Gasteiger partial charge in [-0.05, 0) is 11.4 Å². The van der Waals surface area contributed by atoms with Gasteiger partial charge in [0.05, 0.1) is 6.61 Å². The van der Waals surface area contributed by atoms with Crippen molar-refractivity contribution in [3.63, 3.8) is 0 Å². The number of aromatic nitrogens is 2. The molecule has 0 atom stereocenters. The van der Waals surface area contributed by atoms with Crippen molar-refractivity contribution in [1.29, 1.82) is 0 Å². The summed E-state index contributed by atoms with van der Waals surface area (Å²) in [6.45, 7) is 0.463. The highest BCUT2D eigenvalue weighted by atomic mass is 32.1. The van der Waals surface area contributed by atoms with E-state index >= 15 is 0 Å². The third kappa shape index (κ3) is 2.95. The van der Waals surface area contributed by atoms with Gasteiger partial charge >= 0.3 is 0 Å². The van der Waals surface area contributed by atoms with Gasteiger partial charge in [0.1, 0.15) is 0 Å². The molecule has 0 saturated heterocycles. The molecule has 0 radical (unpaired) electrons. The van der Waals surface area contributed by atoms with E-state index in [1.54, 1.807) is 11.3 Å². The molecule has 2 aromatic rings. The molecular formula is C11H12N4O2S. The maximum Gasteiger partial charge on any atom is 0.243 e. The van der Waals surface area contributed by atoms with Gasteiger partial charge in [-0.15, -0.1) is 11.3 Å². The molecule has 0 aromatic carbocycles. The smallest absolute Gasteiger partial charge is 0.243 e. The Balaban J connectivity index is 2.01. The van der Waals surface area contributed by atoms with Crippen LogP contribution in [0.1, 0.15) is 10.6 Å². The Morgan fingerprint density at radius 1 is 1.44 bits per heavy atom. The zero-order valence-corrected chi connectivity index (χ0v) is 10.3. The normalized spacial score (nSPS) is 11.4. The highest BCUT2D eigenvalue weighted by molar-refractivity contribution is 7.09. The van der Waals surface area contributed by atoms with E-state index < -0.39 is 0 Å². The summed E-state index contributed by atoms with van der Waals surface area (Å²) in [6.07, 6.45) is 3.73. The molecule has 0 aliphatic heterocycles. The van der Waals surface area contributed by atoms with Crippen LogP contribution in [0.25, 0.3) is 0 Å². The van der Waals surface area contributed by atoms with Crippen molar-refractivity contribution < 1.29 is 9.94 Å². The maximum absolute atomic E-state index is 8.63. The zero-order chi connectivity index (χ0) is 12.8. The molecule has 0 saturated carbocycles. The minimum Gasteiger partial charge on any atom is -0.476 e. The first-order valence-corrected chi connectivity index (χ1v) is 6.13. The van der Waals surface area contributed by atoms with Crippen LogP contribution in [-0.2, 0) is 6.42 Å². The highest BCUT2D eigenvalue weighted by Gasteiger charge is 2.11. The van der Waals surface area contributed by atoms with Crippen LogP contribution in [0.5, 0.6) is 5.88 Å². The SMILES string of the molecule is NC(=NO)c1nccnc1OCCc1cccs1. The fourth-order valence-electron chi connectivity index (χ4n) is 1.36. The largest absolute Gasteiger partial charge is 0.476 e. The molecule has 2 heterocycles. The molecule has 0 spiro atoms. The van der Waals surface area contributed by atoms with Crippen molar-refractivity contribution in [3.8, 4) is 5.88 Å². The van der Waals surface area contributed by atoms with Gasteiger partial charge in [-0.2, -0.15) is 0 Å². The summed E-state index contributed by atoms with van der Waals surface area (Å²) in [5.74, 6) is 0.151. The van der Waals surface area contributed by atoms with Crippen LogP contribution in [0.4, 0.5) is 0 Å². The lowest BCUT2D eigenvalue weighted by atomic mass is 10.3. The highest BCUT2D eigenvalue weighted by Crippen LogP contribution is 2.13. The van der Waals surface area contributed by atoms with E-state index in [0.29, 0.717) is 6.61 Å². The maximum atomic E-state index is 8.63. The van der Waals surface area contributed by atoms with Crippen molar-refractivity contribution in [3.05, 3.63) is 40.5 Å². The Bertz CT molecular complexity index is 528. The second-order valence-electron chi connectivity index (χ2n) is 3.37. The minimum absolute atomic E-state index is 0.116. The lowest BCUT2D eigenvalue weighted by molar-refractivity contribution is 0.304. The van der Waals surface area contributed by atoms with E-state index in [-0.39, 0.29) is 17.4 Å². The average Bonchev–Trinajstić information content (AvgIpc) is 2.92. The van der Waals surface area contributed by atoms with Crippen molar-refractivity contribution in [1.82, 2.24) is 9.97 Å². The topological polar surface area (TPSA) is 93.6 Å². The number of hydrogen-bond acceptors (Lipinski definition) is 6. The van der Waals surface area contributed by atoms with Crippen molar-refractivity contribution >= 4 is 17.2 Å². The first kappa shape index (κ1) is 12.3. The van der Waals surface area contributed by atoms with E-state index in [4.69, 9.17) is 15.7 Å². The van der Waals surface area contributed by atoms with Crippen LogP contribution < -0.4 is 10.5 Å². The second-order valence-corrected chi connectivity index (χ2v) is 4.41. The molecule has 0 amide bonds. The molecule has 0 aliphatic carbocycles. The van der Waals surface area contributed by atoms with Crippen LogP contribution in [0.15, 0.2) is 35.1 Å². The molecule has 18 heavy (non-hydrogen) atoms. The van der Waals surface area contributed by atoms with E-state index in [1.807, 2.05) is 17.5 Å². The van der Waals surface area contributed by atoms with Crippen LogP contribution in [0.2, 0.25) is 0 Å². The van der Waals surface area contributed by atoms with Gasteiger partial charge in [0, 0.05) is 23.7 Å². The molecule has 0 unspecified atom stereocenters. The van der Waals surface area contributed by atoms with E-state index in [0.717, 1.165) is 6.42 Å². The summed E-state index contributed by atoms with van der Waals surface area (Å²) in [4.78, 5) is 9.20. The van der Waals surface area contributed by atoms with Gasteiger partial charge in [0.15, 0.2) is 11.5 Å². The molecule has 7 heteroatoms. The third-order valence-corrected chi connectivity index (χ3v) is 3.12. The lowest BCUT2D eigenvalue weighted by Gasteiger charge is -2.07. The van der Waals surface area contributed by atoms with Crippen LogP contribution in [0.3, 0.4) is 0 Å². The number of oxime groups is 1. The van der Waals surface area contributed by atoms with Crippen LogP contribution in [-0.4, -0.2) is 27.6 Å². The summed E-state index contributed by atoms with van der Waals surface area (Å²) in [6, 6.07) is 4.03. The quantitative estimate of drug-likeness (QED) is 0.367. The molecule has 0 fully saturated rings. The summed E-state index contributed by atoms with van der Waals surface area (Å²) >= 11 is 1.67. The standard InChI is InChI=1S/C11H12N4O2S/c12-10(15-16)9-11(14-5-4-13-9)17-6-3-8-2-1-7-18-8/h1-2,4-5,7,16H,3,6H2,(H2,12,15). The first-order chi connectivity index (χ1) is 8.81. The zero-order valence-electron chi connectivity index (χ0n) is 9.48.